The molecule has 0 amide bonds. The van der Waals surface area contributed by atoms with Crippen molar-refractivity contribution in [2.24, 2.45) is 5.92 Å². The highest BCUT2D eigenvalue weighted by Crippen LogP contribution is 2.34. The lowest BCUT2D eigenvalue weighted by atomic mass is 9.83. The number of hydrogen-bond donors (Lipinski definition) is 0. The number of carbonyl (C=O) groups is 1. The summed E-state index contributed by atoms with van der Waals surface area (Å²) in [6.07, 6.45) is 1.87. The Morgan fingerprint density at radius 3 is 2.50 bits per heavy atom. The van der Waals surface area contributed by atoms with Gasteiger partial charge in [-0.05, 0) is 18.9 Å². The Kier molecular flexibility index (Phi) is 3.68. The van der Waals surface area contributed by atoms with Crippen LogP contribution in [0.1, 0.15) is 48.0 Å². The molecule has 0 bridgehead atoms. The van der Waals surface area contributed by atoms with E-state index in [-0.39, 0.29) is 11.5 Å². The SMILES string of the molecule is O=C(c1cnccc1C(F)(F)F)C1CCCCC1. The molecule has 0 N–H and O–H groups in total. The molecule has 0 saturated heterocycles. The molecule has 1 aromatic rings. The van der Waals surface area contributed by atoms with Crippen LogP contribution in [0.5, 0.6) is 0 Å². The van der Waals surface area contributed by atoms with E-state index in [1.54, 1.807) is 0 Å². The molecule has 0 unspecified atom stereocenters. The van der Waals surface area contributed by atoms with Crippen LogP contribution in [0.2, 0.25) is 0 Å². The van der Waals surface area contributed by atoms with Gasteiger partial charge in [0.1, 0.15) is 0 Å². The molecule has 98 valence electrons. The number of carbonyl (C=O) groups excluding carboxylic acids is 1. The fourth-order valence-electron chi connectivity index (χ4n) is 2.42. The van der Waals surface area contributed by atoms with Crippen LogP contribution in [-0.2, 0) is 6.18 Å². The van der Waals surface area contributed by atoms with E-state index in [0.29, 0.717) is 12.8 Å². The van der Waals surface area contributed by atoms with E-state index in [9.17, 15) is 18.0 Å². The molecule has 1 fully saturated rings. The number of ketones is 1. The molecule has 2 rings (SSSR count). The van der Waals surface area contributed by atoms with Gasteiger partial charge in [0.2, 0.25) is 0 Å². The van der Waals surface area contributed by atoms with Crippen LogP contribution in [-0.4, -0.2) is 10.8 Å². The average molecular weight is 257 g/mol. The van der Waals surface area contributed by atoms with Gasteiger partial charge in [0, 0.05) is 23.9 Å². The van der Waals surface area contributed by atoms with Crippen molar-refractivity contribution in [1.29, 1.82) is 0 Å². The zero-order valence-corrected chi connectivity index (χ0v) is 9.83. The summed E-state index contributed by atoms with van der Waals surface area (Å²) in [5, 5.41) is 0. The zero-order chi connectivity index (χ0) is 13.2. The fraction of sp³-hybridized carbons (Fsp3) is 0.538. The van der Waals surface area contributed by atoms with Crippen molar-refractivity contribution in [2.45, 2.75) is 38.3 Å². The Bertz CT molecular complexity index is 436. The van der Waals surface area contributed by atoms with Crippen LogP contribution >= 0.6 is 0 Å². The first-order chi connectivity index (χ1) is 8.50. The third kappa shape index (κ3) is 2.71. The maximum absolute atomic E-state index is 12.8. The molecule has 0 spiro atoms. The van der Waals surface area contributed by atoms with Gasteiger partial charge in [0.15, 0.2) is 5.78 Å². The standard InChI is InChI=1S/C13H14F3NO/c14-13(15,16)11-6-7-17-8-10(11)12(18)9-4-2-1-3-5-9/h6-9H,1-5H2. The maximum atomic E-state index is 12.8. The predicted octanol–water partition coefficient (Wildman–Crippen LogP) is 3.86. The fourth-order valence-corrected chi connectivity index (χ4v) is 2.42. The van der Waals surface area contributed by atoms with Gasteiger partial charge < -0.3 is 0 Å². The van der Waals surface area contributed by atoms with E-state index >= 15 is 0 Å². The monoisotopic (exact) mass is 257 g/mol. The second-order valence-electron chi connectivity index (χ2n) is 4.62. The molecule has 1 saturated carbocycles. The van der Waals surface area contributed by atoms with Gasteiger partial charge in [-0.1, -0.05) is 19.3 Å². The number of rotatable bonds is 2. The molecule has 0 radical (unpaired) electrons. The molecule has 5 heteroatoms. The van der Waals surface area contributed by atoms with Crippen molar-refractivity contribution in [1.82, 2.24) is 4.98 Å². The Morgan fingerprint density at radius 2 is 1.89 bits per heavy atom. The molecule has 2 nitrogen and oxygen atoms in total. The lowest BCUT2D eigenvalue weighted by Gasteiger charge is -2.21. The van der Waals surface area contributed by atoms with Gasteiger partial charge >= 0.3 is 6.18 Å². The average Bonchev–Trinajstić information content (AvgIpc) is 2.38. The third-order valence-electron chi connectivity index (χ3n) is 3.37. The molecule has 0 aromatic carbocycles. The van der Waals surface area contributed by atoms with Crippen molar-refractivity contribution in [2.75, 3.05) is 0 Å². The number of hydrogen-bond acceptors (Lipinski definition) is 2. The van der Waals surface area contributed by atoms with E-state index in [4.69, 9.17) is 0 Å². The first-order valence-corrected chi connectivity index (χ1v) is 6.05. The van der Waals surface area contributed by atoms with Crippen molar-refractivity contribution in [3.8, 4) is 0 Å². The Morgan fingerprint density at radius 1 is 1.22 bits per heavy atom. The van der Waals surface area contributed by atoms with E-state index < -0.39 is 17.5 Å². The van der Waals surface area contributed by atoms with E-state index in [2.05, 4.69) is 4.98 Å². The summed E-state index contributed by atoms with van der Waals surface area (Å²) in [6.45, 7) is 0. The highest BCUT2D eigenvalue weighted by Gasteiger charge is 2.36. The lowest BCUT2D eigenvalue weighted by molar-refractivity contribution is -0.138. The highest BCUT2D eigenvalue weighted by molar-refractivity contribution is 5.99. The van der Waals surface area contributed by atoms with Gasteiger partial charge in [0.25, 0.3) is 0 Å². The molecule has 1 aromatic heterocycles. The van der Waals surface area contributed by atoms with Crippen LogP contribution < -0.4 is 0 Å². The van der Waals surface area contributed by atoms with E-state index in [1.165, 1.54) is 0 Å². The summed E-state index contributed by atoms with van der Waals surface area (Å²) in [5.41, 5.74) is -1.15. The Labute approximate surface area is 103 Å². The molecular weight excluding hydrogens is 243 g/mol. The van der Waals surface area contributed by atoms with Gasteiger partial charge in [0.05, 0.1) is 5.56 Å². The summed E-state index contributed by atoms with van der Waals surface area (Å²) in [5.74, 6) is -0.681. The summed E-state index contributed by atoms with van der Waals surface area (Å²) >= 11 is 0. The molecule has 1 aliphatic rings. The van der Waals surface area contributed by atoms with Crippen LogP contribution in [0.3, 0.4) is 0 Å². The normalized spacial score (nSPS) is 17.7. The first-order valence-electron chi connectivity index (χ1n) is 6.05. The van der Waals surface area contributed by atoms with Crippen molar-refractivity contribution in [3.05, 3.63) is 29.6 Å². The van der Waals surface area contributed by atoms with E-state index in [0.717, 1.165) is 37.7 Å². The van der Waals surface area contributed by atoms with Crippen molar-refractivity contribution >= 4 is 5.78 Å². The number of Topliss-reactive ketones (excluding diaryl/α,β-unsaturated/α-hetero) is 1. The summed E-state index contributed by atoms with van der Waals surface area (Å²) in [7, 11) is 0. The number of nitrogens with zero attached hydrogens (tertiary/aromatic N) is 1. The number of pyridine rings is 1. The third-order valence-corrected chi connectivity index (χ3v) is 3.37. The largest absolute Gasteiger partial charge is 0.417 e. The Hall–Kier alpha value is -1.39. The number of halogens is 3. The summed E-state index contributed by atoms with van der Waals surface area (Å²) in [6, 6.07) is 0.871. The lowest BCUT2D eigenvalue weighted by Crippen LogP contribution is -2.22. The molecule has 1 aliphatic carbocycles. The highest BCUT2D eigenvalue weighted by atomic mass is 19.4. The molecular formula is C13H14F3NO. The zero-order valence-electron chi connectivity index (χ0n) is 9.83. The van der Waals surface area contributed by atoms with Crippen LogP contribution in [0.15, 0.2) is 18.5 Å². The minimum Gasteiger partial charge on any atom is -0.294 e. The number of alkyl halides is 3. The van der Waals surface area contributed by atoms with Gasteiger partial charge in [-0.25, -0.2) is 0 Å². The van der Waals surface area contributed by atoms with Crippen molar-refractivity contribution in [3.63, 3.8) is 0 Å². The minimum atomic E-state index is -4.50. The topological polar surface area (TPSA) is 30.0 Å². The maximum Gasteiger partial charge on any atom is 0.417 e. The van der Waals surface area contributed by atoms with Gasteiger partial charge in [-0.2, -0.15) is 13.2 Å². The van der Waals surface area contributed by atoms with Crippen LogP contribution in [0.4, 0.5) is 13.2 Å². The van der Waals surface area contributed by atoms with E-state index in [1.807, 2.05) is 0 Å². The summed E-state index contributed by atoms with van der Waals surface area (Å²) < 4.78 is 38.4. The van der Waals surface area contributed by atoms with Crippen LogP contribution in [0, 0.1) is 5.92 Å². The smallest absolute Gasteiger partial charge is 0.294 e. The number of aromatic nitrogens is 1. The van der Waals surface area contributed by atoms with Gasteiger partial charge in [-0.15, -0.1) is 0 Å². The second-order valence-corrected chi connectivity index (χ2v) is 4.62. The molecule has 18 heavy (non-hydrogen) atoms. The first kappa shape index (κ1) is 13.1. The molecule has 1 heterocycles. The summed E-state index contributed by atoms with van der Waals surface area (Å²) in [4.78, 5) is 15.8. The van der Waals surface area contributed by atoms with Crippen LogP contribution in [0.25, 0.3) is 0 Å². The quantitative estimate of drug-likeness (QED) is 0.753. The predicted molar refractivity (Wildman–Crippen MR) is 60.1 cm³/mol. The van der Waals surface area contributed by atoms with Gasteiger partial charge in [-0.3, -0.25) is 9.78 Å². The molecule has 0 atom stereocenters. The second kappa shape index (κ2) is 5.08. The molecule has 0 aliphatic heterocycles. The minimum absolute atomic E-state index is 0.274. The Balaban J connectivity index is 2.30. The van der Waals surface area contributed by atoms with Crippen molar-refractivity contribution < 1.29 is 18.0 Å².